The van der Waals surface area contributed by atoms with E-state index >= 15 is 0 Å². The first-order chi connectivity index (χ1) is 12.9. The predicted octanol–water partition coefficient (Wildman–Crippen LogP) is 2.51. The van der Waals surface area contributed by atoms with Crippen LogP contribution in [0.2, 0.25) is 0 Å². The maximum Gasteiger partial charge on any atom is 0.261 e. The van der Waals surface area contributed by atoms with Crippen LogP contribution in [0.1, 0.15) is 15.9 Å². The van der Waals surface area contributed by atoms with Gasteiger partial charge < -0.3 is 10.2 Å². The molecule has 150 valence electrons. The Bertz CT molecular complexity index is 934. The molecule has 2 aliphatic heterocycles. The van der Waals surface area contributed by atoms with E-state index in [4.69, 9.17) is 0 Å². The minimum atomic E-state index is -3.68. The molecule has 1 amide bonds. The average Bonchev–Trinajstić information content (AvgIpc) is 3.25. The molecule has 0 aliphatic carbocycles. The Morgan fingerprint density at radius 2 is 1.57 bits per heavy atom. The summed E-state index contributed by atoms with van der Waals surface area (Å²) in [6.07, 6.45) is 0. The van der Waals surface area contributed by atoms with Gasteiger partial charge in [0.2, 0.25) is 0 Å². The fourth-order valence-electron chi connectivity index (χ4n) is 3.82. The van der Waals surface area contributed by atoms with E-state index in [0.29, 0.717) is 23.1 Å². The van der Waals surface area contributed by atoms with Gasteiger partial charge in [-0.25, -0.2) is 8.42 Å². The molecule has 2 fully saturated rings. The van der Waals surface area contributed by atoms with Gasteiger partial charge in [0.1, 0.15) is 0 Å². The van der Waals surface area contributed by atoms with Crippen LogP contribution in [0.4, 0.5) is 5.69 Å². The predicted molar refractivity (Wildman–Crippen MR) is 111 cm³/mol. The number of carbonyl (C=O) groups is 1. The van der Waals surface area contributed by atoms with E-state index in [1.165, 1.54) is 12.1 Å². The molecule has 6 nitrogen and oxygen atoms in total. The first kappa shape index (κ1) is 20.6. The number of rotatable bonds is 4. The van der Waals surface area contributed by atoms with Crippen molar-refractivity contribution >= 4 is 34.0 Å². The first-order valence-electron chi connectivity index (χ1n) is 9.12. The molecule has 2 N–H and O–H groups in total. The fraction of sp³-hybridized carbons (Fsp3) is 0.350. The van der Waals surface area contributed by atoms with Crippen molar-refractivity contribution in [3.05, 3.63) is 59.7 Å². The largest absolute Gasteiger partial charge is 0.338 e. The molecular weight excluding hydrogens is 398 g/mol. The minimum absolute atomic E-state index is 0. The van der Waals surface area contributed by atoms with Crippen molar-refractivity contribution in [2.45, 2.75) is 11.8 Å². The van der Waals surface area contributed by atoms with Crippen molar-refractivity contribution in [2.24, 2.45) is 11.8 Å². The first-order valence-corrected chi connectivity index (χ1v) is 10.6. The van der Waals surface area contributed by atoms with Gasteiger partial charge in [0.05, 0.1) is 4.90 Å². The fourth-order valence-corrected chi connectivity index (χ4v) is 4.87. The van der Waals surface area contributed by atoms with E-state index in [1.54, 1.807) is 24.3 Å². The second-order valence-corrected chi connectivity index (χ2v) is 9.07. The van der Waals surface area contributed by atoms with Gasteiger partial charge in [-0.1, -0.05) is 17.7 Å². The molecule has 4 rings (SSSR count). The van der Waals surface area contributed by atoms with Gasteiger partial charge in [-0.3, -0.25) is 9.52 Å². The van der Waals surface area contributed by atoms with Crippen molar-refractivity contribution < 1.29 is 13.2 Å². The van der Waals surface area contributed by atoms with E-state index in [1.807, 2.05) is 24.0 Å². The van der Waals surface area contributed by atoms with Gasteiger partial charge in [0, 0.05) is 37.4 Å². The minimum Gasteiger partial charge on any atom is -0.338 e. The van der Waals surface area contributed by atoms with Gasteiger partial charge in [0.25, 0.3) is 15.9 Å². The topological polar surface area (TPSA) is 78.5 Å². The molecule has 0 radical (unpaired) electrons. The number of hydrogen-bond donors (Lipinski definition) is 2. The summed E-state index contributed by atoms with van der Waals surface area (Å²) in [4.78, 5) is 14.7. The highest BCUT2D eigenvalue weighted by Gasteiger charge is 2.38. The van der Waals surface area contributed by atoms with E-state index in [2.05, 4.69) is 10.0 Å². The van der Waals surface area contributed by atoms with Crippen LogP contribution in [-0.2, 0) is 10.0 Å². The van der Waals surface area contributed by atoms with E-state index in [-0.39, 0.29) is 23.2 Å². The molecule has 8 heteroatoms. The molecular formula is C20H24ClN3O3S. The molecule has 2 aliphatic rings. The second kappa shape index (κ2) is 8.11. The molecule has 2 aromatic carbocycles. The van der Waals surface area contributed by atoms with Crippen LogP contribution in [0.5, 0.6) is 0 Å². The summed E-state index contributed by atoms with van der Waals surface area (Å²) in [7, 11) is -3.68. The summed E-state index contributed by atoms with van der Waals surface area (Å²) >= 11 is 0. The smallest absolute Gasteiger partial charge is 0.261 e. The number of hydrogen-bond acceptors (Lipinski definition) is 4. The number of halogens is 1. The zero-order valence-electron chi connectivity index (χ0n) is 15.6. The maximum absolute atomic E-state index is 12.7. The Labute approximate surface area is 171 Å². The highest BCUT2D eigenvalue weighted by Crippen LogP contribution is 2.27. The van der Waals surface area contributed by atoms with E-state index in [0.717, 1.165) is 31.7 Å². The van der Waals surface area contributed by atoms with Crippen LogP contribution in [0.3, 0.4) is 0 Å². The summed E-state index contributed by atoms with van der Waals surface area (Å²) in [6, 6.07) is 13.3. The lowest BCUT2D eigenvalue weighted by atomic mass is 10.0. The lowest BCUT2D eigenvalue weighted by Crippen LogP contribution is -2.31. The lowest BCUT2D eigenvalue weighted by Gasteiger charge is -2.17. The summed E-state index contributed by atoms with van der Waals surface area (Å²) in [5.74, 6) is 1.04. The van der Waals surface area contributed by atoms with Crippen LogP contribution in [0.25, 0.3) is 0 Å². The number of likely N-dealkylation sites (tertiary alicyclic amines) is 1. The van der Waals surface area contributed by atoms with Crippen molar-refractivity contribution in [2.75, 3.05) is 30.9 Å². The number of amides is 1. The highest BCUT2D eigenvalue weighted by molar-refractivity contribution is 7.92. The van der Waals surface area contributed by atoms with Gasteiger partial charge in [-0.15, -0.1) is 12.4 Å². The van der Waals surface area contributed by atoms with Crippen LogP contribution in [0.15, 0.2) is 53.4 Å². The summed E-state index contributed by atoms with van der Waals surface area (Å²) in [6.45, 7) is 5.42. The Kier molecular flexibility index (Phi) is 5.98. The molecule has 0 aromatic heterocycles. The van der Waals surface area contributed by atoms with E-state index in [9.17, 15) is 13.2 Å². The number of aryl methyl sites for hydroxylation is 1. The monoisotopic (exact) mass is 421 g/mol. The number of sulfonamides is 1. The molecule has 0 bridgehead atoms. The van der Waals surface area contributed by atoms with Gasteiger partial charge in [-0.2, -0.15) is 0 Å². The molecule has 2 atom stereocenters. The number of benzene rings is 2. The standard InChI is InChI=1S/C20H23N3O3S.ClH/c1-14-2-6-18(7-3-14)22-27(25,26)19-8-4-15(5-9-19)20(24)23-12-16-10-21-11-17(16)13-23;/h2-9,16-17,21-22H,10-13H2,1H3;1H/t16-,17+;. The Hall–Kier alpha value is -2.09. The Balaban J connectivity index is 0.00000225. The highest BCUT2D eigenvalue weighted by atomic mass is 35.5. The van der Waals surface area contributed by atoms with Crippen LogP contribution < -0.4 is 10.0 Å². The van der Waals surface area contributed by atoms with Crippen molar-refractivity contribution in [1.29, 1.82) is 0 Å². The molecule has 0 saturated carbocycles. The van der Waals surface area contributed by atoms with Crippen LogP contribution in [-0.4, -0.2) is 45.4 Å². The van der Waals surface area contributed by atoms with Gasteiger partial charge in [0.15, 0.2) is 0 Å². The van der Waals surface area contributed by atoms with Crippen molar-refractivity contribution in [3.63, 3.8) is 0 Å². The van der Waals surface area contributed by atoms with Crippen LogP contribution >= 0.6 is 12.4 Å². The second-order valence-electron chi connectivity index (χ2n) is 7.38. The molecule has 2 heterocycles. The molecule has 0 unspecified atom stereocenters. The summed E-state index contributed by atoms with van der Waals surface area (Å²) in [5, 5.41) is 3.36. The summed E-state index contributed by atoms with van der Waals surface area (Å²) in [5.41, 5.74) is 2.10. The Morgan fingerprint density at radius 3 is 2.14 bits per heavy atom. The molecule has 0 spiro atoms. The SMILES string of the molecule is Cc1ccc(NS(=O)(=O)c2ccc(C(=O)N3C[C@H]4CNC[C@H]4C3)cc2)cc1.Cl. The molecule has 2 aromatic rings. The van der Waals surface area contributed by atoms with Gasteiger partial charge in [-0.05, 0) is 55.2 Å². The Morgan fingerprint density at radius 1 is 1.00 bits per heavy atom. The molecule has 28 heavy (non-hydrogen) atoms. The normalized spacial score (nSPS) is 21.1. The number of anilines is 1. The van der Waals surface area contributed by atoms with Gasteiger partial charge >= 0.3 is 0 Å². The van der Waals surface area contributed by atoms with E-state index < -0.39 is 10.0 Å². The quantitative estimate of drug-likeness (QED) is 0.795. The van der Waals surface area contributed by atoms with Crippen molar-refractivity contribution in [1.82, 2.24) is 10.2 Å². The zero-order chi connectivity index (χ0) is 19.0. The summed E-state index contributed by atoms with van der Waals surface area (Å²) < 4.78 is 27.6. The zero-order valence-corrected chi connectivity index (χ0v) is 17.2. The number of carbonyl (C=O) groups excluding carboxylic acids is 1. The third-order valence-corrected chi connectivity index (χ3v) is 6.79. The third kappa shape index (κ3) is 4.16. The average molecular weight is 422 g/mol. The van der Waals surface area contributed by atoms with Crippen molar-refractivity contribution in [3.8, 4) is 0 Å². The number of fused-ring (bicyclic) bond motifs is 1. The number of nitrogens with zero attached hydrogens (tertiary/aromatic N) is 1. The molecule has 2 saturated heterocycles. The van der Waals surface area contributed by atoms with Crippen LogP contribution in [0, 0.1) is 18.8 Å². The maximum atomic E-state index is 12.7. The lowest BCUT2D eigenvalue weighted by molar-refractivity contribution is 0.0781. The third-order valence-electron chi connectivity index (χ3n) is 5.39. The number of nitrogens with one attached hydrogen (secondary N) is 2.